The number of nitrogens with zero attached hydrogens (tertiary/aromatic N) is 2. The van der Waals surface area contributed by atoms with E-state index in [-0.39, 0.29) is 35.2 Å². The van der Waals surface area contributed by atoms with E-state index in [1.54, 1.807) is 0 Å². The molecule has 1 aromatic heterocycles. The first-order chi connectivity index (χ1) is 15.8. The maximum Gasteiger partial charge on any atom is 0.230 e. The van der Waals surface area contributed by atoms with Crippen LogP contribution < -0.4 is 28.5 Å². The van der Waals surface area contributed by atoms with Crippen LogP contribution in [0.2, 0.25) is 0 Å². The third-order valence-electron chi connectivity index (χ3n) is 6.21. The van der Waals surface area contributed by atoms with E-state index in [0.29, 0.717) is 6.42 Å². The van der Waals surface area contributed by atoms with Crippen molar-refractivity contribution in [3.8, 4) is 22.4 Å². The van der Waals surface area contributed by atoms with Crippen molar-refractivity contribution in [3.05, 3.63) is 84.1 Å². The van der Waals surface area contributed by atoms with E-state index in [0.717, 1.165) is 51.8 Å². The van der Waals surface area contributed by atoms with Gasteiger partial charge in [-0.25, -0.2) is 4.98 Å². The molecule has 3 nitrogen and oxygen atoms in total. The normalized spacial score (nSPS) is 11.3. The molecule has 4 rings (SSSR count). The minimum atomic E-state index is 0. The Bertz CT molecular complexity index is 1300. The smallest absolute Gasteiger partial charge is 0.230 e. The van der Waals surface area contributed by atoms with Crippen LogP contribution in [0.5, 0.6) is 0 Å². The molecule has 4 heteroatoms. The van der Waals surface area contributed by atoms with Gasteiger partial charge in [-0.15, -0.1) is 0 Å². The molecule has 0 aliphatic carbocycles. The Labute approximate surface area is 220 Å². The average molecular weight is 565 g/mol. The van der Waals surface area contributed by atoms with Crippen molar-refractivity contribution < 1.29 is 33.3 Å². The molecule has 0 aliphatic rings. The lowest BCUT2D eigenvalue weighted by Gasteiger charge is -2.19. The Morgan fingerprint density at radius 1 is 0.912 bits per heavy atom. The topological polar surface area (TPSA) is 33.8 Å². The van der Waals surface area contributed by atoms with Crippen LogP contribution in [-0.2, 0) is 12.5 Å². The summed E-state index contributed by atoms with van der Waals surface area (Å²) < 4.78 is 2.10. The summed E-state index contributed by atoms with van der Waals surface area (Å²) in [6, 6.07) is 23.0. The van der Waals surface area contributed by atoms with Gasteiger partial charge in [-0.05, 0) is 52.8 Å². The number of hydrogen-bond donors (Lipinski definition) is 0. The fourth-order valence-electron chi connectivity index (χ4n) is 4.16. The molecule has 0 bridgehead atoms. The number of Topliss-reactive ketones (excluding diaryl/α,β-unsaturated/α-hetero) is 1. The molecular formula is C30H33IN2O. The molecule has 34 heavy (non-hydrogen) atoms. The summed E-state index contributed by atoms with van der Waals surface area (Å²) in [6.45, 7) is 8.78. The van der Waals surface area contributed by atoms with Crippen LogP contribution in [0.25, 0.3) is 33.4 Å². The van der Waals surface area contributed by atoms with Gasteiger partial charge in [0.05, 0.1) is 0 Å². The standard InChI is InChI=1S/C30H33N2O.HI/c1-6-7-12-29(33)24-18-22(21-13-15-25(16-14-21)30(2,3)4)17-23(19-24)27-20-32(5)28-11-9-8-10-26(28)31-27;/h8-11,13-20H,6-7,12H2,1-5H3;1H/q+1;/p-1. The van der Waals surface area contributed by atoms with Gasteiger partial charge in [0.15, 0.2) is 12.0 Å². The van der Waals surface area contributed by atoms with Crippen LogP contribution in [0.15, 0.2) is 72.9 Å². The Balaban J connectivity index is 0.00000324. The molecule has 4 aromatic rings. The van der Waals surface area contributed by atoms with Crippen molar-refractivity contribution in [1.29, 1.82) is 0 Å². The summed E-state index contributed by atoms with van der Waals surface area (Å²) in [6.07, 6.45) is 4.53. The summed E-state index contributed by atoms with van der Waals surface area (Å²) in [5.41, 5.74) is 8.17. The number of halogens is 1. The third kappa shape index (κ3) is 5.72. The van der Waals surface area contributed by atoms with Crippen LogP contribution in [0.3, 0.4) is 0 Å². The molecular weight excluding hydrogens is 531 g/mol. The summed E-state index contributed by atoms with van der Waals surface area (Å²) in [5, 5.41) is 0. The Morgan fingerprint density at radius 2 is 1.59 bits per heavy atom. The lowest BCUT2D eigenvalue weighted by atomic mass is 9.86. The Kier molecular flexibility index (Phi) is 8.24. The maximum absolute atomic E-state index is 13.0. The molecule has 0 saturated carbocycles. The molecule has 3 aromatic carbocycles. The molecule has 0 spiro atoms. The molecule has 0 saturated heterocycles. The number of carbonyl (C=O) groups excluding carboxylic acids is 1. The average Bonchev–Trinajstić information content (AvgIpc) is 2.81. The second kappa shape index (κ2) is 10.8. The molecule has 176 valence electrons. The number of hydrogen-bond acceptors (Lipinski definition) is 2. The fraction of sp³-hybridized carbons (Fsp3) is 0.300. The number of fused-ring (bicyclic) bond motifs is 1. The molecule has 0 aliphatic heterocycles. The fourth-order valence-corrected chi connectivity index (χ4v) is 4.16. The zero-order valence-electron chi connectivity index (χ0n) is 20.7. The van der Waals surface area contributed by atoms with E-state index < -0.39 is 0 Å². The Hall–Kier alpha value is -2.60. The summed E-state index contributed by atoms with van der Waals surface area (Å²) in [4.78, 5) is 17.9. The summed E-state index contributed by atoms with van der Waals surface area (Å²) in [5.74, 6) is 0.191. The number of ketones is 1. The quantitative estimate of drug-likeness (QED) is 0.201. The van der Waals surface area contributed by atoms with Crippen molar-refractivity contribution in [2.24, 2.45) is 7.05 Å². The van der Waals surface area contributed by atoms with E-state index >= 15 is 0 Å². The highest BCUT2D eigenvalue weighted by atomic mass is 127. The van der Waals surface area contributed by atoms with Crippen molar-refractivity contribution in [1.82, 2.24) is 4.98 Å². The largest absolute Gasteiger partial charge is 1.00 e. The second-order valence-corrected chi connectivity index (χ2v) is 9.88. The minimum Gasteiger partial charge on any atom is -1.00 e. The van der Waals surface area contributed by atoms with Gasteiger partial charge in [0.25, 0.3) is 0 Å². The number of para-hydroxylation sites is 2. The number of benzene rings is 3. The number of aromatic nitrogens is 2. The van der Waals surface area contributed by atoms with Crippen molar-refractivity contribution >= 4 is 16.8 Å². The van der Waals surface area contributed by atoms with Crippen LogP contribution in [0.4, 0.5) is 0 Å². The summed E-state index contributed by atoms with van der Waals surface area (Å²) >= 11 is 0. The van der Waals surface area contributed by atoms with Crippen LogP contribution >= 0.6 is 0 Å². The van der Waals surface area contributed by atoms with Crippen molar-refractivity contribution in [2.75, 3.05) is 0 Å². The highest BCUT2D eigenvalue weighted by molar-refractivity contribution is 5.98. The molecule has 0 atom stereocenters. The van der Waals surface area contributed by atoms with Gasteiger partial charge < -0.3 is 24.0 Å². The van der Waals surface area contributed by atoms with E-state index in [9.17, 15) is 4.79 Å². The third-order valence-corrected chi connectivity index (χ3v) is 6.21. The van der Waals surface area contributed by atoms with E-state index in [2.05, 4.69) is 68.7 Å². The van der Waals surface area contributed by atoms with Gasteiger partial charge in [0.2, 0.25) is 5.52 Å². The van der Waals surface area contributed by atoms with Gasteiger partial charge in [0, 0.05) is 23.6 Å². The second-order valence-electron chi connectivity index (χ2n) is 9.88. The lowest BCUT2D eigenvalue weighted by molar-refractivity contribution is -0.644. The van der Waals surface area contributed by atoms with E-state index in [1.807, 2.05) is 43.6 Å². The van der Waals surface area contributed by atoms with Gasteiger partial charge in [0.1, 0.15) is 18.3 Å². The number of carbonyl (C=O) groups is 1. The van der Waals surface area contributed by atoms with Gasteiger partial charge >= 0.3 is 0 Å². The SMILES string of the molecule is CCCCC(=O)c1cc(-c2ccc(C(C)(C)C)cc2)cc(-c2c[n+](C)c3ccccc3n2)c1.[I-]. The number of unbranched alkanes of at least 4 members (excludes halogenated alkanes) is 1. The zero-order chi connectivity index (χ0) is 23.6. The number of rotatable bonds is 6. The van der Waals surface area contributed by atoms with Crippen molar-refractivity contribution in [2.45, 2.75) is 52.4 Å². The number of aryl methyl sites for hydroxylation is 1. The van der Waals surface area contributed by atoms with Gasteiger partial charge in [-0.3, -0.25) is 4.79 Å². The summed E-state index contributed by atoms with van der Waals surface area (Å²) in [7, 11) is 2.04. The van der Waals surface area contributed by atoms with Crippen LogP contribution in [0, 0.1) is 0 Å². The highest BCUT2D eigenvalue weighted by Gasteiger charge is 2.17. The zero-order valence-corrected chi connectivity index (χ0v) is 22.9. The Morgan fingerprint density at radius 3 is 2.26 bits per heavy atom. The first-order valence-electron chi connectivity index (χ1n) is 11.8. The monoisotopic (exact) mass is 564 g/mol. The predicted molar refractivity (Wildman–Crippen MR) is 136 cm³/mol. The van der Waals surface area contributed by atoms with E-state index in [4.69, 9.17) is 4.98 Å². The van der Waals surface area contributed by atoms with Gasteiger partial charge in [-0.1, -0.05) is 70.5 Å². The molecule has 0 radical (unpaired) electrons. The highest BCUT2D eigenvalue weighted by Crippen LogP contribution is 2.30. The molecule has 1 heterocycles. The lowest BCUT2D eigenvalue weighted by Crippen LogP contribution is -3.00. The molecule has 0 fully saturated rings. The van der Waals surface area contributed by atoms with Crippen molar-refractivity contribution in [3.63, 3.8) is 0 Å². The molecule has 0 amide bonds. The molecule has 0 N–H and O–H groups in total. The van der Waals surface area contributed by atoms with Crippen LogP contribution in [-0.4, -0.2) is 10.8 Å². The maximum atomic E-state index is 13.0. The van der Waals surface area contributed by atoms with Gasteiger partial charge in [-0.2, -0.15) is 4.57 Å². The predicted octanol–water partition coefficient (Wildman–Crippen LogP) is 4.07. The minimum absolute atomic E-state index is 0. The van der Waals surface area contributed by atoms with Crippen LogP contribution in [0.1, 0.15) is 62.9 Å². The first kappa shape index (κ1) is 26.0. The molecule has 0 unspecified atom stereocenters. The first-order valence-corrected chi connectivity index (χ1v) is 11.8. The van der Waals surface area contributed by atoms with E-state index in [1.165, 1.54) is 5.56 Å².